The molecule has 0 radical (unpaired) electrons. The first-order valence-corrected chi connectivity index (χ1v) is 12.4. The van der Waals surface area contributed by atoms with E-state index in [9.17, 15) is 9.90 Å². The zero-order valence-corrected chi connectivity index (χ0v) is 20.2. The van der Waals surface area contributed by atoms with Gasteiger partial charge in [0, 0.05) is 5.57 Å². The van der Waals surface area contributed by atoms with Gasteiger partial charge < -0.3 is 19.7 Å². The van der Waals surface area contributed by atoms with E-state index in [-0.39, 0.29) is 6.61 Å². The number of aliphatic hydroxyl groups excluding tert-OH is 2. The van der Waals surface area contributed by atoms with Gasteiger partial charge in [-0.25, -0.2) is 4.79 Å². The Morgan fingerprint density at radius 1 is 0.906 bits per heavy atom. The van der Waals surface area contributed by atoms with Crippen LogP contribution in [-0.4, -0.2) is 42.1 Å². The van der Waals surface area contributed by atoms with Crippen LogP contribution >= 0.6 is 0 Å². The molecule has 182 valence electrons. The normalized spacial score (nSPS) is 12.6. The summed E-state index contributed by atoms with van der Waals surface area (Å²) in [6.45, 7) is 4.00. The number of unbranched alkanes of at least 4 members (excludes halogenated alkanes) is 11. The molecule has 32 heavy (non-hydrogen) atoms. The van der Waals surface area contributed by atoms with E-state index < -0.39 is 18.7 Å². The number of carbonyl (C=O) groups is 1. The van der Waals surface area contributed by atoms with Crippen LogP contribution in [0.3, 0.4) is 0 Å². The number of benzene rings is 1. The van der Waals surface area contributed by atoms with Gasteiger partial charge in [0.15, 0.2) is 0 Å². The van der Waals surface area contributed by atoms with Gasteiger partial charge >= 0.3 is 5.97 Å². The second kappa shape index (κ2) is 18.7. The lowest BCUT2D eigenvalue weighted by atomic mass is 10.1. The summed E-state index contributed by atoms with van der Waals surface area (Å²) in [5.41, 5.74) is 1.31. The van der Waals surface area contributed by atoms with Gasteiger partial charge in [-0.1, -0.05) is 89.7 Å². The zero-order chi connectivity index (χ0) is 23.4. The van der Waals surface area contributed by atoms with E-state index in [1.54, 1.807) is 13.0 Å². The molecule has 0 aromatic heterocycles. The number of carbonyl (C=O) groups excluding carboxylic acids is 1. The average molecular weight is 449 g/mol. The second-order valence-corrected chi connectivity index (χ2v) is 8.57. The van der Waals surface area contributed by atoms with Crippen molar-refractivity contribution >= 4 is 12.0 Å². The van der Waals surface area contributed by atoms with Gasteiger partial charge in [-0.05, 0) is 37.1 Å². The molecule has 1 aromatic carbocycles. The van der Waals surface area contributed by atoms with E-state index >= 15 is 0 Å². The van der Waals surface area contributed by atoms with Crippen molar-refractivity contribution in [2.24, 2.45) is 0 Å². The molecule has 0 spiro atoms. The Bertz CT molecular complexity index is 623. The lowest BCUT2D eigenvalue weighted by molar-refractivity contribution is -0.142. The van der Waals surface area contributed by atoms with Crippen molar-refractivity contribution in [1.82, 2.24) is 0 Å². The van der Waals surface area contributed by atoms with Gasteiger partial charge in [0.1, 0.15) is 18.5 Å². The van der Waals surface area contributed by atoms with Crippen LogP contribution in [0.5, 0.6) is 5.75 Å². The third-order valence-corrected chi connectivity index (χ3v) is 5.47. The molecule has 0 saturated heterocycles. The van der Waals surface area contributed by atoms with E-state index in [0.29, 0.717) is 5.57 Å². The molecule has 0 fully saturated rings. The van der Waals surface area contributed by atoms with Crippen LogP contribution < -0.4 is 4.74 Å². The molecular weight excluding hydrogens is 404 g/mol. The predicted octanol–water partition coefficient (Wildman–Crippen LogP) is 6.07. The number of esters is 1. The summed E-state index contributed by atoms with van der Waals surface area (Å²) >= 11 is 0. The van der Waals surface area contributed by atoms with Gasteiger partial charge in [0.25, 0.3) is 0 Å². The SMILES string of the molecule is CCCCCCCCCCCCCCOc1ccc(C=C(C)C(=O)OCC(O)CO)cc1. The highest BCUT2D eigenvalue weighted by molar-refractivity contribution is 5.93. The van der Waals surface area contributed by atoms with Crippen molar-refractivity contribution in [3.63, 3.8) is 0 Å². The quantitative estimate of drug-likeness (QED) is 0.153. The van der Waals surface area contributed by atoms with E-state index in [4.69, 9.17) is 14.6 Å². The third kappa shape index (κ3) is 14.3. The summed E-state index contributed by atoms with van der Waals surface area (Å²) in [6.07, 6.45) is 16.6. The molecule has 0 heterocycles. The van der Waals surface area contributed by atoms with Crippen LogP contribution in [0.1, 0.15) is 96.5 Å². The average Bonchev–Trinajstić information content (AvgIpc) is 2.81. The molecule has 1 aromatic rings. The Balaban J connectivity index is 2.11. The van der Waals surface area contributed by atoms with Crippen LogP contribution in [0, 0.1) is 0 Å². The monoisotopic (exact) mass is 448 g/mol. The largest absolute Gasteiger partial charge is 0.494 e. The van der Waals surface area contributed by atoms with Gasteiger partial charge in [-0.15, -0.1) is 0 Å². The van der Waals surface area contributed by atoms with Gasteiger partial charge in [-0.2, -0.15) is 0 Å². The Labute approximate surface area is 194 Å². The molecule has 0 bridgehead atoms. The summed E-state index contributed by atoms with van der Waals surface area (Å²) in [6, 6.07) is 7.61. The Morgan fingerprint density at radius 3 is 1.97 bits per heavy atom. The molecule has 2 N–H and O–H groups in total. The van der Waals surface area contributed by atoms with E-state index in [2.05, 4.69) is 6.92 Å². The van der Waals surface area contributed by atoms with Crippen LogP contribution in [0.25, 0.3) is 6.08 Å². The fourth-order valence-electron chi connectivity index (χ4n) is 3.44. The van der Waals surface area contributed by atoms with Crippen molar-refractivity contribution in [1.29, 1.82) is 0 Å². The number of aliphatic hydroxyl groups is 2. The predicted molar refractivity (Wildman–Crippen MR) is 131 cm³/mol. The maximum absolute atomic E-state index is 11.9. The number of ether oxygens (including phenoxy) is 2. The minimum Gasteiger partial charge on any atom is -0.494 e. The van der Waals surface area contributed by atoms with Crippen molar-refractivity contribution < 1.29 is 24.5 Å². The molecule has 0 amide bonds. The standard InChI is InChI=1S/C27H44O5/c1-3-4-5-6-7-8-9-10-11-12-13-14-19-31-26-17-15-24(16-18-26)20-23(2)27(30)32-22-25(29)21-28/h15-18,20,25,28-29H,3-14,19,21-22H2,1-2H3. The Morgan fingerprint density at radius 2 is 1.44 bits per heavy atom. The summed E-state index contributed by atoms with van der Waals surface area (Å²) < 4.78 is 10.8. The molecule has 0 aliphatic carbocycles. The van der Waals surface area contributed by atoms with Crippen LogP contribution in [0.2, 0.25) is 0 Å². The van der Waals surface area contributed by atoms with Crippen LogP contribution in [0.4, 0.5) is 0 Å². The Hall–Kier alpha value is -1.85. The molecule has 0 aliphatic rings. The van der Waals surface area contributed by atoms with E-state index in [1.807, 2.05) is 24.3 Å². The molecular formula is C27H44O5. The number of hydrogen-bond acceptors (Lipinski definition) is 5. The second-order valence-electron chi connectivity index (χ2n) is 8.57. The number of hydrogen-bond donors (Lipinski definition) is 2. The highest BCUT2D eigenvalue weighted by Crippen LogP contribution is 2.16. The fraction of sp³-hybridized carbons (Fsp3) is 0.667. The lowest BCUT2D eigenvalue weighted by Gasteiger charge is -2.09. The highest BCUT2D eigenvalue weighted by Gasteiger charge is 2.09. The topological polar surface area (TPSA) is 76.0 Å². The van der Waals surface area contributed by atoms with Crippen LogP contribution in [0.15, 0.2) is 29.8 Å². The van der Waals surface area contributed by atoms with Gasteiger partial charge in [0.05, 0.1) is 13.2 Å². The van der Waals surface area contributed by atoms with Gasteiger partial charge in [0.2, 0.25) is 0 Å². The molecule has 1 atom stereocenters. The molecule has 0 saturated carbocycles. The molecule has 0 aliphatic heterocycles. The first-order valence-electron chi connectivity index (χ1n) is 12.4. The molecule has 1 rings (SSSR count). The van der Waals surface area contributed by atoms with Crippen molar-refractivity contribution in [2.45, 2.75) is 97.0 Å². The van der Waals surface area contributed by atoms with Gasteiger partial charge in [-0.3, -0.25) is 0 Å². The maximum Gasteiger partial charge on any atom is 0.333 e. The first-order chi connectivity index (χ1) is 15.6. The van der Waals surface area contributed by atoms with Crippen LogP contribution in [-0.2, 0) is 9.53 Å². The summed E-state index contributed by atoms with van der Waals surface area (Å²) in [4.78, 5) is 11.9. The minimum absolute atomic E-state index is 0.216. The fourth-order valence-corrected chi connectivity index (χ4v) is 3.44. The maximum atomic E-state index is 11.9. The lowest BCUT2D eigenvalue weighted by Crippen LogP contribution is -2.22. The van der Waals surface area contributed by atoms with Crippen molar-refractivity contribution in [2.75, 3.05) is 19.8 Å². The minimum atomic E-state index is -1.05. The zero-order valence-electron chi connectivity index (χ0n) is 20.2. The summed E-state index contributed by atoms with van der Waals surface area (Å²) in [5.74, 6) is 0.321. The molecule has 5 heteroatoms. The summed E-state index contributed by atoms with van der Waals surface area (Å²) in [7, 11) is 0. The first kappa shape index (κ1) is 28.2. The number of rotatable bonds is 19. The van der Waals surface area contributed by atoms with E-state index in [0.717, 1.165) is 24.3 Å². The molecule has 1 unspecified atom stereocenters. The summed E-state index contributed by atoms with van der Waals surface area (Å²) in [5, 5.41) is 18.0. The third-order valence-electron chi connectivity index (χ3n) is 5.47. The highest BCUT2D eigenvalue weighted by atomic mass is 16.5. The van der Waals surface area contributed by atoms with Crippen molar-refractivity contribution in [3.8, 4) is 5.75 Å². The molecule has 5 nitrogen and oxygen atoms in total. The van der Waals surface area contributed by atoms with E-state index in [1.165, 1.54) is 70.6 Å². The Kier molecular flexibility index (Phi) is 16.5. The van der Waals surface area contributed by atoms with Crippen molar-refractivity contribution in [3.05, 3.63) is 35.4 Å². The smallest absolute Gasteiger partial charge is 0.333 e.